The Kier molecular flexibility index (Phi) is 4.65. The summed E-state index contributed by atoms with van der Waals surface area (Å²) in [7, 11) is 1.74. The van der Waals surface area contributed by atoms with Gasteiger partial charge in [0.15, 0.2) is 0 Å². The Balaban J connectivity index is 1.88. The molecule has 2 aromatic rings. The summed E-state index contributed by atoms with van der Waals surface area (Å²) in [6.45, 7) is 12.1. The molecular formula is C24H29NO2S. The van der Waals surface area contributed by atoms with Crippen LogP contribution in [0.2, 0.25) is 0 Å². The van der Waals surface area contributed by atoms with Gasteiger partial charge in [0, 0.05) is 27.1 Å². The van der Waals surface area contributed by atoms with Crippen LogP contribution in [0.4, 0.5) is 5.69 Å². The summed E-state index contributed by atoms with van der Waals surface area (Å²) >= 11 is 1.83. The zero-order valence-electron chi connectivity index (χ0n) is 17.6. The highest BCUT2D eigenvalue weighted by Gasteiger charge is 2.42. The Labute approximate surface area is 172 Å². The van der Waals surface area contributed by atoms with Crippen molar-refractivity contribution in [2.75, 3.05) is 19.0 Å². The fourth-order valence-corrected chi connectivity index (χ4v) is 5.79. The molecule has 2 aromatic carbocycles. The van der Waals surface area contributed by atoms with E-state index in [4.69, 9.17) is 9.47 Å². The van der Waals surface area contributed by atoms with Crippen LogP contribution in [0, 0.1) is 10.8 Å². The highest BCUT2D eigenvalue weighted by molar-refractivity contribution is 8.00. The van der Waals surface area contributed by atoms with E-state index in [1.54, 1.807) is 7.11 Å². The van der Waals surface area contributed by atoms with Gasteiger partial charge >= 0.3 is 0 Å². The van der Waals surface area contributed by atoms with Crippen LogP contribution in [0.25, 0.3) is 5.76 Å². The molecule has 0 bridgehead atoms. The second-order valence-electron chi connectivity index (χ2n) is 9.19. The average Bonchev–Trinajstić information content (AvgIpc) is 3.20. The molecule has 2 aliphatic rings. The fraction of sp³-hybridized carbons (Fsp3) is 0.417. The lowest BCUT2D eigenvalue weighted by atomic mass is 9.71. The summed E-state index contributed by atoms with van der Waals surface area (Å²) in [4.78, 5) is 1.27. The van der Waals surface area contributed by atoms with Crippen molar-refractivity contribution in [1.29, 1.82) is 0 Å². The highest BCUT2D eigenvalue weighted by atomic mass is 32.2. The van der Waals surface area contributed by atoms with Gasteiger partial charge in [0.25, 0.3) is 0 Å². The summed E-state index contributed by atoms with van der Waals surface area (Å²) in [5, 5.41) is 3.76. The van der Waals surface area contributed by atoms with Crippen LogP contribution < -0.4 is 10.1 Å². The minimum absolute atomic E-state index is 0.00708. The third-order valence-electron chi connectivity index (χ3n) is 5.44. The number of ether oxygens (including phenoxy) is 2. The predicted octanol–water partition coefficient (Wildman–Crippen LogP) is 6.73. The number of thioether (sulfide) groups is 1. The van der Waals surface area contributed by atoms with E-state index in [2.05, 4.69) is 76.3 Å². The maximum Gasteiger partial charge on any atom is 0.127 e. The van der Waals surface area contributed by atoms with E-state index in [1.807, 2.05) is 17.8 Å². The van der Waals surface area contributed by atoms with Crippen molar-refractivity contribution in [2.45, 2.75) is 44.9 Å². The molecule has 3 nitrogen and oxygen atoms in total. The average molecular weight is 396 g/mol. The minimum atomic E-state index is 0.00708. The Bertz CT molecular complexity index is 915. The first-order valence-corrected chi connectivity index (χ1v) is 10.7. The maximum atomic E-state index is 6.36. The Hall–Kier alpha value is -2.07. The standard InChI is InChI=1S/C24H29NO2S/c1-23(2,3)21-20(27-14-24(21,4)5)15-10-9-12-17(26-6)19(15)22-25-16-11-7-8-13-18(16)28-22/h7-13,22,25H,14H2,1-6H3. The van der Waals surface area contributed by atoms with Gasteiger partial charge in [-0.1, -0.05) is 70.6 Å². The molecule has 28 heavy (non-hydrogen) atoms. The van der Waals surface area contributed by atoms with Crippen LogP contribution in [0.5, 0.6) is 5.75 Å². The van der Waals surface area contributed by atoms with E-state index in [9.17, 15) is 0 Å². The number of benzene rings is 2. The van der Waals surface area contributed by atoms with Crippen molar-refractivity contribution in [2.24, 2.45) is 10.8 Å². The van der Waals surface area contributed by atoms with Crippen LogP contribution in [0.15, 0.2) is 52.9 Å². The molecule has 4 rings (SSSR count). The number of para-hydroxylation sites is 1. The zero-order valence-corrected chi connectivity index (χ0v) is 18.4. The molecule has 148 valence electrons. The van der Waals surface area contributed by atoms with Crippen molar-refractivity contribution >= 4 is 23.2 Å². The van der Waals surface area contributed by atoms with Gasteiger partial charge in [-0.15, -0.1) is 0 Å². The summed E-state index contributed by atoms with van der Waals surface area (Å²) in [6.07, 6.45) is 0. The van der Waals surface area contributed by atoms with E-state index >= 15 is 0 Å². The van der Waals surface area contributed by atoms with Crippen molar-refractivity contribution in [1.82, 2.24) is 0 Å². The molecule has 0 saturated carbocycles. The number of rotatable bonds is 3. The molecule has 0 aromatic heterocycles. The highest BCUT2D eigenvalue weighted by Crippen LogP contribution is 2.54. The quantitative estimate of drug-likeness (QED) is 0.624. The Morgan fingerprint density at radius 2 is 1.86 bits per heavy atom. The van der Waals surface area contributed by atoms with Crippen LogP contribution in [0.1, 0.15) is 51.1 Å². The molecule has 0 aliphatic carbocycles. The van der Waals surface area contributed by atoms with Gasteiger partial charge in [-0.05, 0) is 29.2 Å². The van der Waals surface area contributed by atoms with E-state index in [0.29, 0.717) is 6.61 Å². The molecule has 2 heterocycles. The molecule has 1 N–H and O–H groups in total. The second-order valence-corrected chi connectivity index (χ2v) is 10.3. The Morgan fingerprint density at radius 1 is 1.11 bits per heavy atom. The van der Waals surface area contributed by atoms with E-state index in [1.165, 1.54) is 16.2 Å². The SMILES string of the molecule is COc1cccc(C2=C(C(C)(C)C)C(C)(C)CO2)c1C1Nc2ccccc2S1. The predicted molar refractivity (Wildman–Crippen MR) is 118 cm³/mol. The van der Waals surface area contributed by atoms with E-state index < -0.39 is 0 Å². The summed E-state index contributed by atoms with van der Waals surface area (Å²) in [5.41, 5.74) is 4.86. The first-order valence-electron chi connectivity index (χ1n) is 9.80. The van der Waals surface area contributed by atoms with Crippen LogP contribution >= 0.6 is 11.8 Å². The van der Waals surface area contributed by atoms with Gasteiger partial charge < -0.3 is 14.8 Å². The number of anilines is 1. The zero-order chi connectivity index (χ0) is 20.1. The molecule has 0 spiro atoms. The second kappa shape index (κ2) is 6.77. The van der Waals surface area contributed by atoms with Gasteiger partial charge in [-0.2, -0.15) is 0 Å². The van der Waals surface area contributed by atoms with Crippen LogP contribution in [-0.2, 0) is 4.74 Å². The van der Waals surface area contributed by atoms with Gasteiger partial charge in [0.1, 0.15) is 16.9 Å². The van der Waals surface area contributed by atoms with E-state index in [0.717, 1.165) is 22.6 Å². The van der Waals surface area contributed by atoms with Crippen molar-refractivity contribution in [3.8, 4) is 5.75 Å². The van der Waals surface area contributed by atoms with E-state index in [-0.39, 0.29) is 16.2 Å². The topological polar surface area (TPSA) is 30.5 Å². The summed E-state index contributed by atoms with van der Waals surface area (Å²) < 4.78 is 12.2. The monoisotopic (exact) mass is 395 g/mol. The molecule has 0 fully saturated rings. The van der Waals surface area contributed by atoms with Crippen molar-refractivity contribution < 1.29 is 9.47 Å². The maximum absolute atomic E-state index is 6.36. The summed E-state index contributed by atoms with van der Waals surface area (Å²) in [5.74, 6) is 1.91. The molecule has 4 heteroatoms. The molecule has 1 atom stereocenters. The number of hydrogen-bond donors (Lipinski definition) is 1. The number of nitrogens with one attached hydrogen (secondary N) is 1. The molecule has 2 aliphatic heterocycles. The molecule has 0 saturated heterocycles. The first kappa shape index (κ1) is 19.3. The van der Waals surface area contributed by atoms with Crippen molar-refractivity contribution in [3.05, 3.63) is 59.2 Å². The van der Waals surface area contributed by atoms with Gasteiger partial charge in [-0.25, -0.2) is 0 Å². The van der Waals surface area contributed by atoms with Gasteiger partial charge in [0.05, 0.1) is 13.7 Å². The normalized spacial score (nSPS) is 20.6. The van der Waals surface area contributed by atoms with Crippen LogP contribution in [0.3, 0.4) is 0 Å². The minimum Gasteiger partial charge on any atom is -0.496 e. The number of hydrogen-bond acceptors (Lipinski definition) is 4. The molecule has 0 radical (unpaired) electrons. The van der Waals surface area contributed by atoms with Gasteiger partial charge in [-0.3, -0.25) is 0 Å². The lowest BCUT2D eigenvalue weighted by Crippen LogP contribution is -2.24. The number of fused-ring (bicyclic) bond motifs is 1. The molecule has 0 amide bonds. The first-order chi connectivity index (χ1) is 13.2. The lowest BCUT2D eigenvalue weighted by molar-refractivity contribution is 0.213. The van der Waals surface area contributed by atoms with Crippen molar-refractivity contribution in [3.63, 3.8) is 0 Å². The Morgan fingerprint density at radius 3 is 2.54 bits per heavy atom. The molecule has 1 unspecified atom stereocenters. The largest absolute Gasteiger partial charge is 0.496 e. The summed E-state index contributed by atoms with van der Waals surface area (Å²) in [6, 6.07) is 14.7. The van der Waals surface area contributed by atoms with Crippen LogP contribution in [-0.4, -0.2) is 13.7 Å². The molecular weight excluding hydrogens is 366 g/mol. The lowest BCUT2D eigenvalue weighted by Gasteiger charge is -2.31. The van der Waals surface area contributed by atoms with Gasteiger partial charge in [0.2, 0.25) is 0 Å². The number of methoxy groups -OCH3 is 1. The smallest absolute Gasteiger partial charge is 0.127 e. The third kappa shape index (κ3) is 3.18. The fourth-order valence-electron chi connectivity index (χ4n) is 4.58. The third-order valence-corrected chi connectivity index (χ3v) is 6.64.